The molecule has 2 amide bonds. The fourth-order valence-corrected chi connectivity index (χ4v) is 2.37. The standard InChI is InChI=1S/C15H19F3N4O2/c1-10(2)20-13(23)14(24)22-7-5-21(6-8-22)12-9-11(3-4-19-12)15(16,17)18/h3-4,9-10H,5-8H2,1-2H3,(H,20,23). The number of carbonyl (C=O) groups is 2. The van der Waals surface area contributed by atoms with Crippen LogP contribution in [0.2, 0.25) is 0 Å². The van der Waals surface area contributed by atoms with E-state index in [2.05, 4.69) is 10.3 Å². The van der Waals surface area contributed by atoms with Gasteiger partial charge in [0.05, 0.1) is 5.56 Å². The van der Waals surface area contributed by atoms with Gasteiger partial charge in [0.1, 0.15) is 5.82 Å². The third-order valence-corrected chi connectivity index (χ3v) is 3.58. The predicted octanol–water partition coefficient (Wildman–Crippen LogP) is 1.27. The first-order valence-electron chi connectivity index (χ1n) is 7.56. The summed E-state index contributed by atoms with van der Waals surface area (Å²) in [5, 5.41) is 2.53. The van der Waals surface area contributed by atoms with Crippen molar-refractivity contribution in [3.8, 4) is 0 Å². The molecule has 1 fully saturated rings. The fourth-order valence-electron chi connectivity index (χ4n) is 2.37. The Bertz CT molecular complexity index is 611. The van der Waals surface area contributed by atoms with Crippen molar-refractivity contribution in [2.24, 2.45) is 0 Å². The van der Waals surface area contributed by atoms with Crippen LogP contribution in [0.4, 0.5) is 19.0 Å². The van der Waals surface area contributed by atoms with Crippen LogP contribution in [0.1, 0.15) is 19.4 Å². The Morgan fingerprint density at radius 2 is 1.83 bits per heavy atom. The van der Waals surface area contributed by atoms with Crippen LogP contribution in [0.15, 0.2) is 18.3 Å². The lowest BCUT2D eigenvalue weighted by atomic mass is 10.2. The minimum absolute atomic E-state index is 0.142. The van der Waals surface area contributed by atoms with Gasteiger partial charge in [0.25, 0.3) is 0 Å². The lowest BCUT2D eigenvalue weighted by Gasteiger charge is -2.35. The number of nitrogens with zero attached hydrogens (tertiary/aromatic N) is 3. The molecule has 2 rings (SSSR count). The van der Waals surface area contributed by atoms with Crippen LogP contribution in [0.25, 0.3) is 0 Å². The van der Waals surface area contributed by atoms with E-state index in [-0.39, 0.29) is 24.9 Å². The van der Waals surface area contributed by atoms with E-state index in [1.54, 1.807) is 18.7 Å². The van der Waals surface area contributed by atoms with Gasteiger partial charge in [-0.2, -0.15) is 13.2 Å². The van der Waals surface area contributed by atoms with Crippen LogP contribution in [0, 0.1) is 0 Å². The Hall–Kier alpha value is -2.32. The molecule has 132 valence electrons. The lowest BCUT2D eigenvalue weighted by molar-refractivity contribution is -0.146. The molecule has 0 radical (unpaired) electrons. The number of hydrogen-bond acceptors (Lipinski definition) is 4. The molecule has 0 bridgehead atoms. The fraction of sp³-hybridized carbons (Fsp3) is 0.533. The van der Waals surface area contributed by atoms with Gasteiger partial charge in [0.2, 0.25) is 0 Å². The molecule has 1 aliphatic heterocycles. The third kappa shape index (κ3) is 4.36. The highest BCUT2D eigenvalue weighted by atomic mass is 19.4. The van der Waals surface area contributed by atoms with Crippen molar-refractivity contribution in [1.82, 2.24) is 15.2 Å². The molecule has 1 aliphatic rings. The number of anilines is 1. The second-order valence-corrected chi connectivity index (χ2v) is 5.81. The molecule has 0 spiro atoms. The summed E-state index contributed by atoms with van der Waals surface area (Å²) >= 11 is 0. The zero-order chi connectivity index (χ0) is 17.9. The molecule has 1 aromatic rings. The highest BCUT2D eigenvalue weighted by molar-refractivity contribution is 6.35. The smallest absolute Gasteiger partial charge is 0.353 e. The zero-order valence-electron chi connectivity index (χ0n) is 13.4. The molecule has 2 heterocycles. The van der Waals surface area contributed by atoms with Gasteiger partial charge < -0.3 is 15.1 Å². The number of rotatable bonds is 2. The van der Waals surface area contributed by atoms with Crippen molar-refractivity contribution in [2.45, 2.75) is 26.1 Å². The van der Waals surface area contributed by atoms with Crippen molar-refractivity contribution in [1.29, 1.82) is 0 Å². The summed E-state index contributed by atoms with van der Waals surface area (Å²) in [6.45, 7) is 4.64. The number of aromatic nitrogens is 1. The number of piperazine rings is 1. The molecule has 0 aromatic carbocycles. The number of alkyl halides is 3. The van der Waals surface area contributed by atoms with Gasteiger partial charge in [-0.3, -0.25) is 9.59 Å². The Labute approximate surface area is 137 Å². The summed E-state index contributed by atoms with van der Waals surface area (Å²) in [4.78, 5) is 30.7. The van der Waals surface area contributed by atoms with Crippen molar-refractivity contribution in [3.05, 3.63) is 23.9 Å². The van der Waals surface area contributed by atoms with Gasteiger partial charge in [-0.1, -0.05) is 0 Å². The van der Waals surface area contributed by atoms with Crippen LogP contribution >= 0.6 is 0 Å². The normalized spacial score (nSPS) is 15.6. The monoisotopic (exact) mass is 344 g/mol. The topological polar surface area (TPSA) is 65.5 Å². The van der Waals surface area contributed by atoms with Gasteiger partial charge in [-0.25, -0.2) is 4.98 Å². The van der Waals surface area contributed by atoms with Crippen molar-refractivity contribution in [3.63, 3.8) is 0 Å². The Morgan fingerprint density at radius 3 is 2.38 bits per heavy atom. The van der Waals surface area contributed by atoms with Gasteiger partial charge in [-0.05, 0) is 26.0 Å². The first-order chi connectivity index (χ1) is 11.2. The first kappa shape index (κ1) is 18.0. The minimum Gasteiger partial charge on any atom is -0.353 e. The van der Waals surface area contributed by atoms with E-state index in [0.29, 0.717) is 13.1 Å². The van der Waals surface area contributed by atoms with Gasteiger partial charge in [-0.15, -0.1) is 0 Å². The summed E-state index contributed by atoms with van der Waals surface area (Å²) in [6.07, 6.45) is -3.31. The Balaban J connectivity index is 1.98. The molecule has 24 heavy (non-hydrogen) atoms. The maximum atomic E-state index is 12.8. The summed E-state index contributed by atoms with van der Waals surface area (Å²) in [7, 11) is 0. The highest BCUT2D eigenvalue weighted by Gasteiger charge is 2.32. The van der Waals surface area contributed by atoms with E-state index in [0.717, 1.165) is 18.3 Å². The largest absolute Gasteiger partial charge is 0.416 e. The number of amides is 2. The molecular weight excluding hydrogens is 325 g/mol. The van der Waals surface area contributed by atoms with Crippen LogP contribution < -0.4 is 10.2 Å². The molecule has 1 saturated heterocycles. The number of carbonyl (C=O) groups excluding carboxylic acids is 2. The molecule has 1 aromatic heterocycles. The Morgan fingerprint density at radius 1 is 1.21 bits per heavy atom. The third-order valence-electron chi connectivity index (χ3n) is 3.58. The van der Waals surface area contributed by atoms with Gasteiger partial charge in [0.15, 0.2) is 0 Å². The summed E-state index contributed by atoms with van der Waals surface area (Å²) in [5.74, 6) is -1.08. The van der Waals surface area contributed by atoms with Crippen LogP contribution in [-0.4, -0.2) is 53.9 Å². The lowest BCUT2D eigenvalue weighted by Crippen LogP contribution is -2.53. The quantitative estimate of drug-likeness (QED) is 0.821. The second kappa shape index (κ2) is 7.06. The SMILES string of the molecule is CC(C)NC(=O)C(=O)N1CCN(c2cc(C(F)(F)F)ccn2)CC1. The molecule has 0 unspecified atom stereocenters. The number of nitrogens with one attached hydrogen (secondary N) is 1. The first-order valence-corrected chi connectivity index (χ1v) is 7.56. The number of hydrogen-bond donors (Lipinski definition) is 1. The highest BCUT2D eigenvalue weighted by Crippen LogP contribution is 2.30. The summed E-state index contributed by atoms with van der Waals surface area (Å²) < 4.78 is 38.3. The van der Waals surface area contributed by atoms with Crippen LogP contribution in [0.5, 0.6) is 0 Å². The van der Waals surface area contributed by atoms with Crippen molar-refractivity contribution in [2.75, 3.05) is 31.1 Å². The van der Waals surface area contributed by atoms with Gasteiger partial charge in [0, 0.05) is 38.4 Å². The van der Waals surface area contributed by atoms with Crippen LogP contribution in [-0.2, 0) is 15.8 Å². The molecular formula is C15H19F3N4O2. The van der Waals surface area contributed by atoms with Crippen molar-refractivity contribution < 1.29 is 22.8 Å². The average molecular weight is 344 g/mol. The van der Waals surface area contributed by atoms with E-state index in [1.807, 2.05) is 0 Å². The molecule has 9 heteroatoms. The number of halogens is 3. The molecule has 0 atom stereocenters. The van der Waals surface area contributed by atoms with Gasteiger partial charge >= 0.3 is 18.0 Å². The van der Waals surface area contributed by atoms with E-state index >= 15 is 0 Å². The van der Waals surface area contributed by atoms with Crippen LogP contribution in [0.3, 0.4) is 0 Å². The molecule has 0 aliphatic carbocycles. The molecule has 6 nitrogen and oxygen atoms in total. The van der Waals surface area contributed by atoms with E-state index in [4.69, 9.17) is 0 Å². The second-order valence-electron chi connectivity index (χ2n) is 5.81. The van der Waals surface area contributed by atoms with E-state index in [1.165, 1.54) is 4.90 Å². The van der Waals surface area contributed by atoms with Crippen molar-refractivity contribution >= 4 is 17.6 Å². The minimum atomic E-state index is -4.43. The Kier molecular flexibility index (Phi) is 5.30. The maximum absolute atomic E-state index is 12.8. The zero-order valence-corrected chi connectivity index (χ0v) is 13.4. The van der Waals surface area contributed by atoms with E-state index < -0.39 is 23.6 Å². The number of pyridine rings is 1. The summed E-state index contributed by atoms with van der Waals surface area (Å²) in [5.41, 5.74) is -0.762. The predicted molar refractivity (Wildman–Crippen MR) is 81.3 cm³/mol. The maximum Gasteiger partial charge on any atom is 0.416 e. The summed E-state index contributed by atoms with van der Waals surface area (Å²) in [6, 6.07) is 1.76. The van der Waals surface area contributed by atoms with E-state index in [9.17, 15) is 22.8 Å². The molecule has 1 N–H and O–H groups in total. The average Bonchev–Trinajstić information content (AvgIpc) is 2.53. The molecule has 0 saturated carbocycles.